The van der Waals surface area contributed by atoms with Crippen molar-refractivity contribution in [1.82, 2.24) is 10.2 Å². The first kappa shape index (κ1) is 23.7. The Morgan fingerprint density at radius 1 is 1.21 bits per heavy atom. The molecule has 24 heavy (non-hydrogen) atoms. The molecule has 0 aromatic rings. The largest absolute Gasteiger partial charge is 0.378 e. The minimum atomic E-state index is 0. The number of nitrogens with one attached hydrogen (secondary N) is 1. The molecular formula is C19H38IN3O. The predicted octanol–water partition coefficient (Wildman–Crippen LogP) is 4.60. The van der Waals surface area contributed by atoms with E-state index < -0.39 is 0 Å². The lowest BCUT2D eigenvalue weighted by molar-refractivity contribution is 0.0264. The van der Waals surface area contributed by atoms with E-state index in [1.165, 1.54) is 51.4 Å². The smallest absolute Gasteiger partial charge is 0.193 e. The van der Waals surface area contributed by atoms with Gasteiger partial charge >= 0.3 is 0 Å². The number of halogens is 1. The van der Waals surface area contributed by atoms with Crippen molar-refractivity contribution in [1.29, 1.82) is 0 Å². The summed E-state index contributed by atoms with van der Waals surface area (Å²) in [5.41, 5.74) is 0. The fourth-order valence-electron chi connectivity index (χ4n) is 3.05. The molecule has 0 unspecified atom stereocenters. The second-order valence-electron chi connectivity index (χ2n) is 6.52. The molecule has 1 rings (SSSR count). The average molecular weight is 451 g/mol. The van der Waals surface area contributed by atoms with Gasteiger partial charge in [-0.05, 0) is 44.9 Å². The van der Waals surface area contributed by atoms with Crippen molar-refractivity contribution in [3.63, 3.8) is 0 Å². The molecule has 0 atom stereocenters. The van der Waals surface area contributed by atoms with E-state index in [1.54, 1.807) is 0 Å². The van der Waals surface area contributed by atoms with Crippen molar-refractivity contribution in [2.45, 2.75) is 70.3 Å². The maximum Gasteiger partial charge on any atom is 0.193 e. The second kappa shape index (κ2) is 16.2. The summed E-state index contributed by atoms with van der Waals surface area (Å²) < 4.78 is 5.96. The van der Waals surface area contributed by atoms with Gasteiger partial charge in [0.15, 0.2) is 5.96 Å². The van der Waals surface area contributed by atoms with Crippen molar-refractivity contribution < 1.29 is 4.74 Å². The Morgan fingerprint density at radius 2 is 1.96 bits per heavy atom. The fourth-order valence-corrected chi connectivity index (χ4v) is 3.05. The quantitative estimate of drug-likeness (QED) is 0.164. The van der Waals surface area contributed by atoms with Crippen LogP contribution < -0.4 is 5.32 Å². The molecule has 0 aromatic carbocycles. The van der Waals surface area contributed by atoms with E-state index in [9.17, 15) is 0 Å². The first-order chi connectivity index (χ1) is 11.3. The minimum absolute atomic E-state index is 0. The van der Waals surface area contributed by atoms with E-state index in [1.807, 2.05) is 13.1 Å². The highest BCUT2D eigenvalue weighted by molar-refractivity contribution is 14.0. The Kier molecular flexibility index (Phi) is 16.0. The van der Waals surface area contributed by atoms with Crippen molar-refractivity contribution >= 4 is 29.9 Å². The molecule has 0 aromatic heterocycles. The highest BCUT2D eigenvalue weighted by Gasteiger charge is 2.12. The lowest BCUT2D eigenvalue weighted by Crippen LogP contribution is -2.39. The summed E-state index contributed by atoms with van der Waals surface area (Å²) in [6.45, 7) is 6.70. The van der Waals surface area contributed by atoms with Crippen molar-refractivity contribution in [3.8, 4) is 0 Å². The van der Waals surface area contributed by atoms with Crippen LogP contribution in [0.2, 0.25) is 0 Å². The van der Waals surface area contributed by atoms with E-state index in [4.69, 9.17) is 4.74 Å². The van der Waals surface area contributed by atoms with Gasteiger partial charge in [-0.2, -0.15) is 0 Å². The number of hydrogen-bond acceptors (Lipinski definition) is 2. The van der Waals surface area contributed by atoms with Gasteiger partial charge in [0.1, 0.15) is 0 Å². The average Bonchev–Trinajstić information content (AvgIpc) is 2.58. The summed E-state index contributed by atoms with van der Waals surface area (Å²) in [6.07, 6.45) is 14.9. The first-order valence-electron chi connectivity index (χ1n) is 9.42. The number of nitrogens with zero attached hydrogens (tertiary/aromatic N) is 2. The number of guanidine groups is 1. The van der Waals surface area contributed by atoms with E-state index in [0.717, 1.165) is 38.5 Å². The Bertz CT molecular complexity index is 331. The third-order valence-electron chi connectivity index (χ3n) is 4.49. The number of unbranched alkanes of at least 4 members (excludes halogenated alkanes) is 3. The van der Waals surface area contributed by atoms with E-state index >= 15 is 0 Å². The highest BCUT2D eigenvalue weighted by atomic mass is 127. The van der Waals surface area contributed by atoms with Crippen molar-refractivity contribution in [2.75, 3.05) is 33.8 Å². The molecule has 0 amide bonds. The number of ether oxygens (including phenoxy) is 1. The molecule has 1 aliphatic rings. The molecule has 0 radical (unpaired) electrons. The third-order valence-corrected chi connectivity index (χ3v) is 4.49. The Balaban J connectivity index is 0.00000529. The molecule has 0 saturated heterocycles. The summed E-state index contributed by atoms with van der Waals surface area (Å²) in [4.78, 5) is 6.53. The Labute approximate surface area is 166 Å². The summed E-state index contributed by atoms with van der Waals surface area (Å²) >= 11 is 0. The lowest BCUT2D eigenvalue weighted by Gasteiger charge is -2.22. The van der Waals surface area contributed by atoms with Crippen LogP contribution in [0.1, 0.15) is 64.2 Å². The molecule has 0 aliphatic heterocycles. The van der Waals surface area contributed by atoms with Gasteiger partial charge in [-0.3, -0.25) is 4.99 Å². The topological polar surface area (TPSA) is 36.9 Å². The molecule has 0 heterocycles. The van der Waals surface area contributed by atoms with Crippen LogP contribution >= 0.6 is 24.0 Å². The molecule has 1 N–H and O–H groups in total. The predicted molar refractivity (Wildman–Crippen MR) is 116 cm³/mol. The summed E-state index contributed by atoms with van der Waals surface area (Å²) in [6, 6.07) is 0. The highest BCUT2D eigenvalue weighted by Crippen LogP contribution is 2.20. The number of rotatable bonds is 11. The summed E-state index contributed by atoms with van der Waals surface area (Å²) in [5.74, 6) is 0.993. The van der Waals surface area contributed by atoms with Gasteiger partial charge < -0.3 is 15.0 Å². The van der Waals surface area contributed by atoms with Gasteiger partial charge in [0.25, 0.3) is 0 Å². The minimum Gasteiger partial charge on any atom is -0.378 e. The monoisotopic (exact) mass is 451 g/mol. The zero-order chi connectivity index (χ0) is 16.8. The van der Waals surface area contributed by atoms with Crippen molar-refractivity contribution in [3.05, 3.63) is 12.7 Å². The molecule has 1 fully saturated rings. The van der Waals surface area contributed by atoms with Crippen LogP contribution in [0.5, 0.6) is 0 Å². The normalized spacial score (nSPS) is 15.7. The molecule has 1 saturated carbocycles. The van der Waals surface area contributed by atoms with Gasteiger partial charge in [-0.1, -0.05) is 25.3 Å². The maximum atomic E-state index is 5.96. The van der Waals surface area contributed by atoms with Crippen LogP contribution in [0.25, 0.3) is 0 Å². The molecular weight excluding hydrogens is 413 g/mol. The van der Waals surface area contributed by atoms with Gasteiger partial charge in [-0.15, -0.1) is 30.6 Å². The SMILES string of the molecule is C=CCCCN(C)C(=NC)NCCCCCOC1CCCCC1.I. The number of allylic oxidation sites excluding steroid dienone is 1. The summed E-state index contributed by atoms with van der Waals surface area (Å²) in [5, 5.41) is 3.45. The Morgan fingerprint density at radius 3 is 2.62 bits per heavy atom. The number of hydrogen-bond donors (Lipinski definition) is 1. The van der Waals surface area contributed by atoms with Gasteiger partial charge in [0.05, 0.1) is 6.10 Å². The lowest BCUT2D eigenvalue weighted by atomic mass is 9.98. The number of aliphatic imine (C=N–C) groups is 1. The van der Waals surface area contributed by atoms with Crippen LogP contribution in [-0.4, -0.2) is 50.8 Å². The maximum absolute atomic E-state index is 5.96. The zero-order valence-corrected chi connectivity index (χ0v) is 18.1. The van der Waals surface area contributed by atoms with E-state index in [0.29, 0.717) is 6.10 Å². The third kappa shape index (κ3) is 11.3. The zero-order valence-electron chi connectivity index (χ0n) is 15.8. The van der Waals surface area contributed by atoms with Gasteiger partial charge in [0, 0.05) is 33.8 Å². The van der Waals surface area contributed by atoms with Gasteiger partial charge in [-0.25, -0.2) is 0 Å². The molecule has 5 heteroatoms. The molecule has 142 valence electrons. The second-order valence-corrected chi connectivity index (χ2v) is 6.52. The van der Waals surface area contributed by atoms with Crippen molar-refractivity contribution in [2.24, 2.45) is 4.99 Å². The molecule has 1 aliphatic carbocycles. The Hall–Kier alpha value is -0.300. The first-order valence-corrected chi connectivity index (χ1v) is 9.42. The van der Waals surface area contributed by atoms with Crippen LogP contribution in [0.15, 0.2) is 17.6 Å². The molecule has 4 nitrogen and oxygen atoms in total. The molecule has 0 spiro atoms. The van der Waals surface area contributed by atoms with E-state index in [-0.39, 0.29) is 24.0 Å². The van der Waals surface area contributed by atoms with Crippen LogP contribution in [-0.2, 0) is 4.74 Å². The van der Waals surface area contributed by atoms with Crippen LogP contribution in [0.3, 0.4) is 0 Å². The summed E-state index contributed by atoms with van der Waals surface area (Å²) in [7, 11) is 3.95. The van der Waals surface area contributed by atoms with Crippen LogP contribution in [0, 0.1) is 0 Å². The standard InChI is InChI=1S/C19H37N3O.HI/c1-4-5-11-16-22(3)19(20-2)21-15-10-7-12-17-23-18-13-8-6-9-14-18;/h4,18H,1,5-17H2,2-3H3,(H,20,21);1H. The molecule has 0 bridgehead atoms. The van der Waals surface area contributed by atoms with E-state index in [2.05, 4.69) is 28.8 Å². The van der Waals surface area contributed by atoms with Gasteiger partial charge in [0.2, 0.25) is 0 Å². The fraction of sp³-hybridized carbons (Fsp3) is 0.842. The van der Waals surface area contributed by atoms with Crippen LogP contribution in [0.4, 0.5) is 0 Å².